The normalized spacial score (nSPS) is 10.5. The van der Waals surface area contributed by atoms with Crippen molar-refractivity contribution in [1.29, 1.82) is 0 Å². The minimum Gasteiger partial charge on any atom is -0.251 e. The predicted octanol–water partition coefficient (Wildman–Crippen LogP) is 2.22. The molecule has 0 spiro atoms. The molecule has 3 heteroatoms. The van der Waals surface area contributed by atoms with E-state index >= 15 is 0 Å². The van der Waals surface area contributed by atoms with E-state index in [1.54, 1.807) is 0 Å². The Morgan fingerprint density at radius 2 is 2.00 bits per heavy atom. The highest BCUT2D eigenvalue weighted by molar-refractivity contribution is 5.78. The summed E-state index contributed by atoms with van der Waals surface area (Å²) in [6, 6.07) is 11.6. The highest BCUT2D eigenvalue weighted by Gasteiger charge is 1.96. The zero-order valence-corrected chi connectivity index (χ0v) is 6.97. The molecule has 0 aliphatic rings. The summed E-state index contributed by atoms with van der Waals surface area (Å²) in [6.07, 6.45) is 0. The first-order valence-electron chi connectivity index (χ1n) is 4.01. The Kier molecular flexibility index (Phi) is 2.21. The molecular formula is C10H9NO2. The SMILES string of the molecule is OOCc1ccc2ccccc2n1. The monoisotopic (exact) mass is 175 g/mol. The average Bonchev–Trinajstić information content (AvgIpc) is 2.18. The fraction of sp³-hybridized carbons (Fsp3) is 0.100. The third kappa shape index (κ3) is 1.66. The first-order chi connectivity index (χ1) is 6.40. The zero-order valence-electron chi connectivity index (χ0n) is 6.97. The van der Waals surface area contributed by atoms with E-state index < -0.39 is 0 Å². The maximum Gasteiger partial charge on any atom is 0.124 e. The third-order valence-corrected chi connectivity index (χ3v) is 1.87. The highest BCUT2D eigenvalue weighted by atomic mass is 17.1. The summed E-state index contributed by atoms with van der Waals surface area (Å²) in [5.74, 6) is 0. The van der Waals surface area contributed by atoms with Crippen molar-refractivity contribution in [3.8, 4) is 0 Å². The number of aromatic nitrogens is 1. The molecule has 0 unspecified atom stereocenters. The number of rotatable bonds is 2. The van der Waals surface area contributed by atoms with Crippen LogP contribution < -0.4 is 0 Å². The standard InChI is InChI=1S/C10H9NO2/c12-13-7-9-6-5-8-3-1-2-4-10(8)11-9/h1-6,12H,7H2. The van der Waals surface area contributed by atoms with Crippen molar-refractivity contribution < 1.29 is 10.1 Å². The summed E-state index contributed by atoms with van der Waals surface area (Å²) < 4.78 is 0. The van der Waals surface area contributed by atoms with Crippen molar-refractivity contribution in [1.82, 2.24) is 4.98 Å². The van der Waals surface area contributed by atoms with E-state index in [-0.39, 0.29) is 6.61 Å². The van der Waals surface area contributed by atoms with E-state index in [2.05, 4.69) is 9.87 Å². The quantitative estimate of drug-likeness (QED) is 0.562. The van der Waals surface area contributed by atoms with Crippen LogP contribution in [0.1, 0.15) is 5.69 Å². The van der Waals surface area contributed by atoms with Crippen LogP contribution in [0.25, 0.3) is 10.9 Å². The van der Waals surface area contributed by atoms with Gasteiger partial charge in [-0.05, 0) is 12.1 Å². The van der Waals surface area contributed by atoms with E-state index in [9.17, 15) is 0 Å². The Bertz CT molecular complexity index is 414. The third-order valence-electron chi connectivity index (χ3n) is 1.87. The fourth-order valence-corrected chi connectivity index (χ4v) is 1.25. The highest BCUT2D eigenvalue weighted by Crippen LogP contribution is 2.11. The Hall–Kier alpha value is -1.45. The molecule has 0 aliphatic heterocycles. The van der Waals surface area contributed by atoms with Gasteiger partial charge in [0, 0.05) is 5.39 Å². The Balaban J connectivity index is 2.49. The van der Waals surface area contributed by atoms with Gasteiger partial charge in [-0.15, -0.1) is 0 Å². The van der Waals surface area contributed by atoms with E-state index in [4.69, 9.17) is 5.26 Å². The molecule has 0 atom stereocenters. The largest absolute Gasteiger partial charge is 0.251 e. The molecule has 0 saturated carbocycles. The molecule has 2 aromatic rings. The van der Waals surface area contributed by atoms with Crippen molar-refractivity contribution >= 4 is 10.9 Å². The van der Waals surface area contributed by atoms with Gasteiger partial charge in [-0.25, -0.2) is 4.89 Å². The van der Waals surface area contributed by atoms with Gasteiger partial charge in [-0.1, -0.05) is 24.3 Å². The van der Waals surface area contributed by atoms with Crippen LogP contribution in [0.4, 0.5) is 0 Å². The Morgan fingerprint density at radius 3 is 2.85 bits per heavy atom. The minimum absolute atomic E-state index is 0.130. The maximum atomic E-state index is 8.25. The summed E-state index contributed by atoms with van der Waals surface area (Å²) >= 11 is 0. The van der Waals surface area contributed by atoms with E-state index in [1.165, 1.54) is 0 Å². The van der Waals surface area contributed by atoms with Gasteiger partial charge >= 0.3 is 0 Å². The van der Waals surface area contributed by atoms with Gasteiger partial charge in [0.15, 0.2) is 0 Å². The van der Waals surface area contributed by atoms with Crippen LogP contribution in [0.15, 0.2) is 36.4 Å². The summed E-state index contributed by atoms with van der Waals surface area (Å²) in [5.41, 5.74) is 1.64. The van der Waals surface area contributed by atoms with Crippen molar-refractivity contribution in [2.24, 2.45) is 0 Å². The number of nitrogens with zero attached hydrogens (tertiary/aromatic N) is 1. The summed E-state index contributed by atoms with van der Waals surface area (Å²) in [6.45, 7) is 0.130. The molecule has 0 bridgehead atoms. The molecule has 0 saturated heterocycles. The molecule has 0 aliphatic carbocycles. The zero-order chi connectivity index (χ0) is 9.10. The van der Waals surface area contributed by atoms with Crippen LogP contribution in [-0.4, -0.2) is 10.2 Å². The Labute approximate surface area is 75.5 Å². The summed E-state index contributed by atoms with van der Waals surface area (Å²) in [4.78, 5) is 8.29. The molecule has 1 N–H and O–H groups in total. The molecule has 1 aromatic heterocycles. The lowest BCUT2D eigenvalue weighted by molar-refractivity contribution is -0.253. The topological polar surface area (TPSA) is 42.4 Å². The molecule has 66 valence electrons. The maximum absolute atomic E-state index is 8.25. The van der Waals surface area contributed by atoms with E-state index in [0.717, 1.165) is 16.6 Å². The number of pyridine rings is 1. The molecule has 1 aromatic carbocycles. The second kappa shape index (κ2) is 3.51. The van der Waals surface area contributed by atoms with Crippen molar-refractivity contribution in [2.75, 3.05) is 0 Å². The van der Waals surface area contributed by atoms with Crippen LogP contribution in [0, 0.1) is 0 Å². The van der Waals surface area contributed by atoms with Crippen molar-refractivity contribution in [2.45, 2.75) is 6.61 Å². The first kappa shape index (κ1) is 8.16. The van der Waals surface area contributed by atoms with Gasteiger partial charge in [-0.3, -0.25) is 10.2 Å². The molecule has 3 nitrogen and oxygen atoms in total. The van der Waals surface area contributed by atoms with Crippen LogP contribution >= 0.6 is 0 Å². The second-order valence-corrected chi connectivity index (χ2v) is 2.77. The molecule has 2 rings (SSSR count). The lowest BCUT2D eigenvalue weighted by Crippen LogP contribution is -1.92. The number of para-hydroxylation sites is 1. The lowest BCUT2D eigenvalue weighted by Gasteiger charge is -1.99. The molecule has 0 fully saturated rings. The minimum atomic E-state index is 0.130. The second-order valence-electron chi connectivity index (χ2n) is 2.77. The van der Waals surface area contributed by atoms with Gasteiger partial charge in [-0.2, -0.15) is 0 Å². The molecular weight excluding hydrogens is 166 g/mol. The number of fused-ring (bicyclic) bond motifs is 1. The van der Waals surface area contributed by atoms with Crippen LogP contribution in [-0.2, 0) is 11.5 Å². The van der Waals surface area contributed by atoms with Crippen LogP contribution in [0.3, 0.4) is 0 Å². The summed E-state index contributed by atoms with van der Waals surface area (Å²) in [5, 5.41) is 9.34. The summed E-state index contributed by atoms with van der Waals surface area (Å²) in [7, 11) is 0. The van der Waals surface area contributed by atoms with E-state index in [1.807, 2.05) is 36.4 Å². The molecule has 0 amide bonds. The molecule has 0 radical (unpaired) electrons. The smallest absolute Gasteiger partial charge is 0.124 e. The van der Waals surface area contributed by atoms with Gasteiger partial charge in [0.1, 0.15) is 6.61 Å². The van der Waals surface area contributed by atoms with Crippen molar-refractivity contribution in [3.05, 3.63) is 42.1 Å². The lowest BCUT2D eigenvalue weighted by atomic mass is 10.2. The predicted molar refractivity (Wildman–Crippen MR) is 49.2 cm³/mol. The van der Waals surface area contributed by atoms with E-state index in [0.29, 0.717) is 0 Å². The van der Waals surface area contributed by atoms with Gasteiger partial charge in [0.05, 0.1) is 11.2 Å². The molecule has 13 heavy (non-hydrogen) atoms. The van der Waals surface area contributed by atoms with Gasteiger partial charge < -0.3 is 0 Å². The number of hydrogen-bond donors (Lipinski definition) is 1. The fourth-order valence-electron chi connectivity index (χ4n) is 1.25. The number of benzene rings is 1. The van der Waals surface area contributed by atoms with Crippen molar-refractivity contribution in [3.63, 3.8) is 0 Å². The van der Waals surface area contributed by atoms with Gasteiger partial charge in [0.25, 0.3) is 0 Å². The first-order valence-corrected chi connectivity index (χ1v) is 4.01. The van der Waals surface area contributed by atoms with Crippen LogP contribution in [0.5, 0.6) is 0 Å². The Morgan fingerprint density at radius 1 is 1.15 bits per heavy atom. The van der Waals surface area contributed by atoms with Crippen LogP contribution in [0.2, 0.25) is 0 Å². The van der Waals surface area contributed by atoms with Gasteiger partial charge in [0.2, 0.25) is 0 Å². The average molecular weight is 175 g/mol. The number of hydrogen-bond acceptors (Lipinski definition) is 3. The molecule has 1 heterocycles.